The molecule has 0 bridgehead atoms. The number of rotatable bonds is 3. The number of aromatic nitrogens is 2. The van der Waals surface area contributed by atoms with Crippen molar-refractivity contribution in [2.75, 3.05) is 5.32 Å². The summed E-state index contributed by atoms with van der Waals surface area (Å²) in [5.74, 6) is -0.220. The van der Waals surface area contributed by atoms with Crippen LogP contribution in [0.2, 0.25) is 0 Å². The smallest absolute Gasteiger partial charge is 0.251 e. The number of nitrogens with zero attached hydrogens (tertiary/aromatic N) is 2. The maximum atomic E-state index is 13.0. The Hall–Kier alpha value is -2.93. The largest absolute Gasteiger partial charge is 0.339 e. The summed E-state index contributed by atoms with van der Waals surface area (Å²) in [6, 6.07) is 14.4. The average molecular weight is 453 g/mol. The van der Waals surface area contributed by atoms with Crippen LogP contribution in [0.5, 0.6) is 0 Å². The third kappa shape index (κ3) is 3.58. The molecule has 2 heterocycles. The summed E-state index contributed by atoms with van der Waals surface area (Å²) in [5.41, 5.74) is 4.18. The lowest BCUT2D eigenvalue weighted by Crippen LogP contribution is -2.50. The van der Waals surface area contributed by atoms with E-state index < -0.39 is 6.04 Å². The molecule has 0 aliphatic carbocycles. The molecule has 4 rings (SSSR count). The van der Waals surface area contributed by atoms with E-state index in [0.29, 0.717) is 11.4 Å². The first-order valence-corrected chi connectivity index (χ1v) is 10.1. The van der Waals surface area contributed by atoms with Gasteiger partial charge in [0.05, 0.1) is 5.69 Å². The molecule has 0 unspecified atom stereocenters. The number of hydrogen-bond acceptors (Lipinski definition) is 3. The first kappa shape index (κ1) is 19.4. The minimum absolute atomic E-state index is 0.258. The Labute approximate surface area is 177 Å². The average Bonchev–Trinajstić information content (AvgIpc) is 2.95. The molecule has 0 saturated heterocycles. The highest BCUT2D eigenvalue weighted by molar-refractivity contribution is 9.10. The molecular formula is C22H21BrN4O2. The van der Waals surface area contributed by atoms with Gasteiger partial charge in [0.25, 0.3) is 5.91 Å². The second-order valence-corrected chi connectivity index (χ2v) is 8.23. The highest BCUT2D eigenvalue weighted by atomic mass is 79.9. The van der Waals surface area contributed by atoms with Gasteiger partial charge in [0.1, 0.15) is 11.9 Å². The summed E-state index contributed by atoms with van der Waals surface area (Å²) in [6.45, 7) is 3.85. The van der Waals surface area contributed by atoms with Crippen molar-refractivity contribution in [3.05, 3.63) is 81.0 Å². The Morgan fingerprint density at radius 2 is 1.93 bits per heavy atom. The number of benzene rings is 2. The molecule has 2 amide bonds. The maximum Gasteiger partial charge on any atom is 0.251 e. The number of carbonyl (C=O) groups excluding carboxylic acids is 2. The van der Waals surface area contributed by atoms with E-state index in [1.165, 1.54) is 0 Å². The second-order valence-electron chi connectivity index (χ2n) is 7.31. The van der Waals surface area contributed by atoms with Crippen molar-refractivity contribution in [1.82, 2.24) is 15.1 Å². The number of anilines is 1. The molecule has 7 heteroatoms. The number of amides is 2. The van der Waals surface area contributed by atoms with Gasteiger partial charge in [-0.15, -0.1) is 0 Å². The van der Waals surface area contributed by atoms with E-state index in [9.17, 15) is 9.59 Å². The molecule has 2 aromatic carbocycles. The molecule has 0 radical (unpaired) electrons. The van der Waals surface area contributed by atoms with E-state index >= 15 is 0 Å². The highest BCUT2D eigenvalue weighted by Gasteiger charge is 2.41. The van der Waals surface area contributed by atoms with Crippen molar-refractivity contribution in [3.63, 3.8) is 0 Å². The molecule has 0 saturated carbocycles. The summed E-state index contributed by atoms with van der Waals surface area (Å²) in [5, 5.41) is 10.4. The number of aryl methyl sites for hydroxylation is 3. The molecule has 29 heavy (non-hydrogen) atoms. The molecule has 148 valence electrons. The predicted octanol–water partition coefficient (Wildman–Crippen LogP) is 3.68. The molecule has 6 nitrogen and oxygen atoms in total. The van der Waals surface area contributed by atoms with Crippen LogP contribution >= 0.6 is 15.9 Å². The first-order chi connectivity index (χ1) is 13.8. The fraction of sp³-hybridized carbons (Fsp3) is 0.227. The lowest BCUT2D eigenvalue weighted by Gasteiger charge is -2.32. The van der Waals surface area contributed by atoms with Gasteiger partial charge >= 0.3 is 0 Å². The van der Waals surface area contributed by atoms with Crippen LogP contribution in [-0.2, 0) is 11.8 Å². The number of nitrogens with one attached hydrogen (secondary N) is 2. The summed E-state index contributed by atoms with van der Waals surface area (Å²) in [4.78, 5) is 26.0. The molecule has 3 aromatic rings. The van der Waals surface area contributed by atoms with Gasteiger partial charge in [0, 0.05) is 28.6 Å². The third-order valence-corrected chi connectivity index (χ3v) is 5.70. The molecule has 2 atom stereocenters. The van der Waals surface area contributed by atoms with Crippen LogP contribution in [0.3, 0.4) is 0 Å². The van der Waals surface area contributed by atoms with Crippen molar-refractivity contribution in [1.29, 1.82) is 0 Å². The number of hydrogen-bond donors (Lipinski definition) is 2. The predicted molar refractivity (Wildman–Crippen MR) is 115 cm³/mol. The zero-order valence-corrected chi connectivity index (χ0v) is 17.9. The zero-order valence-electron chi connectivity index (χ0n) is 16.4. The van der Waals surface area contributed by atoms with Crippen molar-refractivity contribution in [2.24, 2.45) is 7.05 Å². The molecule has 1 aliphatic heterocycles. The minimum Gasteiger partial charge on any atom is -0.339 e. The molecule has 1 aromatic heterocycles. The topological polar surface area (TPSA) is 76.0 Å². The van der Waals surface area contributed by atoms with Gasteiger partial charge in [0.15, 0.2) is 0 Å². The van der Waals surface area contributed by atoms with Gasteiger partial charge in [-0.3, -0.25) is 14.3 Å². The molecule has 1 aliphatic rings. The van der Waals surface area contributed by atoms with Crippen LogP contribution in [-0.4, -0.2) is 27.6 Å². The van der Waals surface area contributed by atoms with Crippen LogP contribution in [0.15, 0.2) is 53.0 Å². The normalized spacial score (nSPS) is 18.1. The lowest BCUT2D eigenvalue weighted by atomic mass is 9.82. The van der Waals surface area contributed by atoms with Gasteiger partial charge in [-0.25, -0.2) is 0 Å². The van der Waals surface area contributed by atoms with Gasteiger partial charge in [-0.05, 0) is 43.7 Å². The molecular weight excluding hydrogens is 432 g/mol. The van der Waals surface area contributed by atoms with E-state index in [1.807, 2.05) is 56.3 Å². The molecule has 0 spiro atoms. The summed E-state index contributed by atoms with van der Waals surface area (Å²) in [6.07, 6.45) is 0. The van der Waals surface area contributed by atoms with E-state index in [-0.39, 0.29) is 17.7 Å². The number of carbonyl (C=O) groups is 2. The SMILES string of the molecule is Cc1cccc(C(=O)N[C@@H]2C(=O)Nc3c(c(C)nn3C)[C@H]2c2cccc(Br)c2)c1. The van der Waals surface area contributed by atoms with Crippen molar-refractivity contribution in [3.8, 4) is 0 Å². The quantitative estimate of drug-likeness (QED) is 0.636. The summed E-state index contributed by atoms with van der Waals surface area (Å²) in [7, 11) is 1.80. The highest BCUT2D eigenvalue weighted by Crippen LogP contribution is 2.39. The Kier molecular flexibility index (Phi) is 5.00. The minimum atomic E-state index is -0.757. The van der Waals surface area contributed by atoms with Gasteiger partial charge in [-0.1, -0.05) is 45.8 Å². The first-order valence-electron chi connectivity index (χ1n) is 9.32. The second kappa shape index (κ2) is 7.48. The Morgan fingerprint density at radius 1 is 1.17 bits per heavy atom. The van der Waals surface area contributed by atoms with Crippen molar-refractivity contribution >= 4 is 33.6 Å². The van der Waals surface area contributed by atoms with E-state index in [2.05, 4.69) is 31.7 Å². The van der Waals surface area contributed by atoms with E-state index in [0.717, 1.165) is 26.9 Å². The summed E-state index contributed by atoms with van der Waals surface area (Å²) < 4.78 is 2.58. The zero-order chi connectivity index (χ0) is 20.7. The fourth-order valence-electron chi connectivity index (χ4n) is 3.93. The van der Waals surface area contributed by atoms with E-state index in [4.69, 9.17) is 0 Å². The lowest BCUT2D eigenvalue weighted by molar-refractivity contribution is -0.118. The number of fused-ring (bicyclic) bond motifs is 1. The van der Waals surface area contributed by atoms with Gasteiger partial charge in [-0.2, -0.15) is 5.10 Å². The van der Waals surface area contributed by atoms with Crippen LogP contribution in [0.4, 0.5) is 5.82 Å². The van der Waals surface area contributed by atoms with Gasteiger partial charge in [0.2, 0.25) is 5.91 Å². The monoisotopic (exact) mass is 452 g/mol. The van der Waals surface area contributed by atoms with Crippen LogP contribution in [0.25, 0.3) is 0 Å². The maximum absolute atomic E-state index is 13.0. The van der Waals surface area contributed by atoms with Crippen LogP contribution in [0, 0.1) is 13.8 Å². The van der Waals surface area contributed by atoms with Crippen molar-refractivity contribution in [2.45, 2.75) is 25.8 Å². The van der Waals surface area contributed by atoms with Gasteiger partial charge < -0.3 is 10.6 Å². The standard InChI is InChI=1S/C22H21BrN4O2/c1-12-6-4-8-15(10-12)21(28)24-19-18(14-7-5-9-16(23)11-14)17-13(2)26-27(3)20(17)25-22(19)29/h4-11,18-19H,1-3H3,(H,24,28)(H,25,29)/t18-,19+/m1/s1. The fourth-order valence-corrected chi connectivity index (χ4v) is 4.34. The summed E-state index contributed by atoms with van der Waals surface area (Å²) >= 11 is 3.51. The number of halogens is 1. The van der Waals surface area contributed by atoms with Crippen LogP contribution < -0.4 is 10.6 Å². The Balaban J connectivity index is 1.79. The Morgan fingerprint density at radius 3 is 2.66 bits per heavy atom. The van der Waals surface area contributed by atoms with E-state index in [1.54, 1.807) is 17.8 Å². The molecule has 0 fully saturated rings. The molecule has 2 N–H and O–H groups in total. The third-order valence-electron chi connectivity index (χ3n) is 5.21. The Bertz CT molecular complexity index is 1120. The van der Waals surface area contributed by atoms with Crippen LogP contribution in [0.1, 0.15) is 38.7 Å². The van der Waals surface area contributed by atoms with Crippen molar-refractivity contribution < 1.29 is 9.59 Å².